The van der Waals surface area contributed by atoms with Crippen molar-refractivity contribution in [2.24, 2.45) is 5.92 Å². The molecule has 1 aliphatic rings. The number of carbonyl (C=O) groups excluding carboxylic acids is 1. The second-order valence-corrected chi connectivity index (χ2v) is 6.82. The minimum Gasteiger partial charge on any atom is -0.486 e. The zero-order valence-corrected chi connectivity index (χ0v) is 14.8. The molecule has 1 aliphatic heterocycles. The highest BCUT2D eigenvalue weighted by Crippen LogP contribution is 2.35. The van der Waals surface area contributed by atoms with Gasteiger partial charge in [-0.3, -0.25) is 4.79 Å². The molecule has 128 valence electrons. The molecule has 24 heavy (non-hydrogen) atoms. The molecule has 0 bridgehead atoms. The van der Waals surface area contributed by atoms with Crippen LogP contribution < -0.4 is 19.7 Å². The Hall–Kier alpha value is -2.05. The standard InChI is InChI=1S/C18H22N2O3S/c1-13(11-19-2)18(21)20(12-15-4-3-9-24-15)14-5-6-16-17(10-14)23-8-7-22-16/h3-6,9-10,13,19H,7-8,11-12H2,1-2H3. The number of nitrogens with zero attached hydrogens (tertiary/aromatic N) is 1. The van der Waals surface area contributed by atoms with E-state index in [1.807, 2.05) is 54.6 Å². The average molecular weight is 346 g/mol. The number of anilines is 1. The zero-order chi connectivity index (χ0) is 16.9. The lowest BCUT2D eigenvalue weighted by Crippen LogP contribution is -2.38. The molecule has 6 heteroatoms. The molecule has 1 unspecified atom stereocenters. The Balaban J connectivity index is 1.89. The number of ether oxygens (including phenoxy) is 2. The fourth-order valence-electron chi connectivity index (χ4n) is 2.71. The maximum Gasteiger partial charge on any atom is 0.231 e. The molecule has 2 heterocycles. The van der Waals surface area contributed by atoms with Gasteiger partial charge in [-0.05, 0) is 30.6 Å². The summed E-state index contributed by atoms with van der Waals surface area (Å²) in [4.78, 5) is 15.9. The van der Waals surface area contributed by atoms with Crippen molar-refractivity contribution in [2.75, 3.05) is 31.7 Å². The number of rotatable bonds is 6. The summed E-state index contributed by atoms with van der Waals surface area (Å²) < 4.78 is 11.2. The van der Waals surface area contributed by atoms with E-state index in [9.17, 15) is 4.79 Å². The molecule has 0 spiro atoms. The molecule has 1 aromatic carbocycles. The van der Waals surface area contributed by atoms with Gasteiger partial charge in [-0.1, -0.05) is 13.0 Å². The highest BCUT2D eigenvalue weighted by atomic mass is 32.1. The van der Waals surface area contributed by atoms with Gasteiger partial charge in [-0.2, -0.15) is 0 Å². The summed E-state index contributed by atoms with van der Waals surface area (Å²) in [5, 5.41) is 5.10. The second-order valence-electron chi connectivity index (χ2n) is 5.79. The molecule has 0 saturated carbocycles. The number of amides is 1. The fourth-order valence-corrected chi connectivity index (χ4v) is 3.41. The number of benzene rings is 1. The smallest absolute Gasteiger partial charge is 0.231 e. The van der Waals surface area contributed by atoms with E-state index < -0.39 is 0 Å². The maximum atomic E-state index is 12.9. The summed E-state index contributed by atoms with van der Waals surface area (Å²) in [6.07, 6.45) is 0. The fraction of sp³-hybridized carbons (Fsp3) is 0.389. The molecular weight excluding hydrogens is 324 g/mol. The lowest BCUT2D eigenvalue weighted by Gasteiger charge is -2.27. The first kappa shape index (κ1) is 16.8. The van der Waals surface area contributed by atoms with Gasteiger partial charge in [-0.25, -0.2) is 0 Å². The summed E-state index contributed by atoms with van der Waals surface area (Å²) in [6.45, 7) is 4.24. The van der Waals surface area contributed by atoms with Crippen molar-refractivity contribution < 1.29 is 14.3 Å². The monoisotopic (exact) mass is 346 g/mol. The predicted molar refractivity (Wildman–Crippen MR) is 96.0 cm³/mol. The van der Waals surface area contributed by atoms with E-state index in [2.05, 4.69) is 5.32 Å². The van der Waals surface area contributed by atoms with E-state index in [1.165, 1.54) is 0 Å². The minimum absolute atomic E-state index is 0.0921. The topological polar surface area (TPSA) is 50.8 Å². The Labute approximate surface area is 146 Å². The first-order valence-corrected chi connectivity index (χ1v) is 8.95. The predicted octanol–water partition coefficient (Wildman–Crippen LogP) is 2.91. The van der Waals surface area contributed by atoms with Gasteiger partial charge in [0.2, 0.25) is 5.91 Å². The third kappa shape index (κ3) is 3.71. The highest BCUT2D eigenvalue weighted by Gasteiger charge is 2.24. The van der Waals surface area contributed by atoms with Gasteiger partial charge in [0.05, 0.1) is 6.54 Å². The molecule has 0 radical (unpaired) electrons. The minimum atomic E-state index is -0.108. The van der Waals surface area contributed by atoms with Crippen LogP contribution in [0.1, 0.15) is 11.8 Å². The van der Waals surface area contributed by atoms with Crippen LogP contribution in [0.3, 0.4) is 0 Å². The van der Waals surface area contributed by atoms with Crippen molar-refractivity contribution >= 4 is 22.9 Å². The zero-order valence-electron chi connectivity index (χ0n) is 14.0. The molecule has 1 N–H and O–H groups in total. The Bertz CT molecular complexity index is 688. The summed E-state index contributed by atoms with van der Waals surface area (Å²) >= 11 is 1.65. The van der Waals surface area contributed by atoms with Crippen LogP contribution in [0.4, 0.5) is 5.69 Å². The third-order valence-electron chi connectivity index (χ3n) is 3.93. The largest absolute Gasteiger partial charge is 0.486 e. The van der Waals surface area contributed by atoms with Gasteiger partial charge in [0.1, 0.15) is 13.2 Å². The van der Waals surface area contributed by atoms with E-state index in [1.54, 1.807) is 11.3 Å². The SMILES string of the molecule is CNCC(C)C(=O)N(Cc1cccs1)c1ccc2c(c1)OCCO2. The van der Waals surface area contributed by atoms with E-state index >= 15 is 0 Å². The third-order valence-corrected chi connectivity index (χ3v) is 4.79. The van der Waals surface area contributed by atoms with Crippen LogP contribution in [-0.2, 0) is 11.3 Å². The number of nitrogens with one attached hydrogen (secondary N) is 1. The van der Waals surface area contributed by atoms with Gasteiger partial charge in [0.25, 0.3) is 0 Å². The maximum absolute atomic E-state index is 12.9. The number of carbonyl (C=O) groups is 1. The van der Waals surface area contributed by atoms with Gasteiger partial charge in [-0.15, -0.1) is 11.3 Å². The molecule has 5 nitrogen and oxygen atoms in total. The number of thiophene rings is 1. The van der Waals surface area contributed by atoms with Gasteiger partial charge < -0.3 is 19.7 Å². The van der Waals surface area contributed by atoms with Crippen molar-refractivity contribution in [2.45, 2.75) is 13.5 Å². The Morgan fingerprint density at radius 3 is 2.79 bits per heavy atom. The Morgan fingerprint density at radius 1 is 1.29 bits per heavy atom. The highest BCUT2D eigenvalue weighted by molar-refractivity contribution is 7.09. The lowest BCUT2D eigenvalue weighted by molar-refractivity contribution is -0.121. The number of hydrogen-bond acceptors (Lipinski definition) is 5. The summed E-state index contributed by atoms with van der Waals surface area (Å²) in [5.41, 5.74) is 0.834. The molecule has 0 saturated heterocycles. The first-order chi connectivity index (χ1) is 11.7. The number of hydrogen-bond donors (Lipinski definition) is 1. The van der Waals surface area contributed by atoms with Crippen LogP contribution in [0.2, 0.25) is 0 Å². The molecule has 2 aromatic rings. The first-order valence-electron chi connectivity index (χ1n) is 8.07. The average Bonchev–Trinajstić information content (AvgIpc) is 3.12. The molecule has 1 amide bonds. The summed E-state index contributed by atoms with van der Waals surface area (Å²) in [7, 11) is 1.86. The Kier molecular flexibility index (Phi) is 5.37. The molecular formula is C18H22N2O3S. The summed E-state index contributed by atoms with van der Waals surface area (Å²) in [5.74, 6) is 1.42. The van der Waals surface area contributed by atoms with E-state index in [-0.39, 0.29) is 11.8 Å². The van der Waals surface area contributed by atoms with Gasteiger partial charge in [0, 0.05) is 29.1 Å². The molecule has 0 aliphatic carbocycles. The van der Waals surface area contributed by atoms with Gasteiger partial charge in [0.15, 0.2) is 11.5 Å². The molecule has 3 rings (SSSR count). The molecule has 1 aromatic heterocycles. The second kappa shape index (κ2) is 7.68. The number of fused-ring (bicyclic) bond motifs is 1. The van der Waals surface area contributed by atoms with E-state index in [4.69, 9.17) is 9.47 Å². The van der Waals surface area contributed by atoms with Crippen molar-refractivity contribution in [3.8, 4) is 11.5 Å². The van der Waals surface area contributed by atoms with Crippen LogP contribution in [0.5, 0.6) is 11.5 Å². The lowest BCUT2D eigenvalue weighted by atomic mass is 10.1. The van der Waals surface area contributed by atoms with Crippen molar-refractivity contribution in [3.05, 3.63) is 40.6 Å². The van der Waals surface area contributed by atoms with Crippen LogP contribution in [0.25, 0.3) is 0 Å². The molecule has 1 atom stereocenters. The van der Waals surface area contributed by atoms with Crippen molar-refractivity contribution in [1.29, 1.82) is 0 Å². The van der Waals surface area contributed by atoms with Crippen molar-refractivity contribution in [1.82, 2.24) is 5.32 Å². The quantitative estimate of drug-likeness (QED) is 0.874. The Morgan fingerprint density at radius 2 is 2.08 bits per heavy atom. The van der Waals surface area contributed by atoms with Crippen LogP contribution >= 0.6 is 11.3 Å². The summed E-state index contributed by atoms with van der Waals surface area (Å²) in [6, 6.07) is 9.74. The van der Waals surface area contributed by atoms with Gasteiger partial charge >= 0.3 is 0 Å². The normalized spacial score (nSPS) is 14.2. The molecule has 0 fully saturated rings. The van der Waals surface area contributed by atoms with Crippen molar-refractivity contribution in [3.63, 3.8) is 0 Å². The van der Waals surface area contributed by atoms with E-state index in [0.717, 1.165) is 16.3 Å². The van der Waals surface area contributed by atoms with Crippen LogP contribution in [0.15, 0.2) is 35.7 Å². The van der Waals surface area contributed by atoms with E-state index in [0.29, 0.717) is 32.1 Å². The van der Waals surface area contributed by atoms with Crippen LogP contribution in [0, 0.1) is 5.92 Å². The van der Waals surface area contributed by atoms with Crippen LogP contribution in [-0.4, -0.2) is 32.7 Å².